The molecule has 3 rings (SSSR count). The lowest BCUT2D eigenvalue weighted by Gasteiger charge is -2.08. The molecule has 3 aromatic rings. The van der Waals surface area contributed by atoms with E-state index in [9.17, 15) is 4.79 Å². The average Bonchev–Trinajstić information content (AvgIpc) is 2.99. The smallest absolute Gasteiger partial charge is 0.235 e. The Morgan fingerprint density at radius 1 is 1.43 bits per heavy atom. The van der Waals surface area contributed by atoms with Gasteiger partial charge in [0.1, 0.15) is 5.40 Å². The molecule has 0 aliphatic carbocycles. The van der Waals surface area contributed by atoms with Gasteiger partial charge in [-0.1, -0.05) is 6.07 Å². The van der Waals surface area contributed by atoms with Crippen LogP contribution >= 0.6 is 11.8 Å². The summed E-state index contributed by atoms with van der Waals surface area (Å²) in [5, 5.41) is 13.2. The van der Waals surface area contributed by atoms with E-state index in [2.05, 4.69) is 15.3 Å². The fraction of sp³-hybridized carbons (Fsp3) is 0.125. The number of hydrogen-bond donors (Lipinski definition) is 1. The zero-order valence-corrected chi connectivity index (χ0v) is 13.1. The zero-order chi connectivity index (χ0) is 16.2. The second kappa shape index (κ2) is 6.50. The third-order valence-corrected chi connectivity index (χ3v) is 3.73. The molecule has 114 valence electrons. The van der Waals surface area contributed by atoms with Crippen molar-refractivity contribution in [1.29, 1.82) is 5.26 Å². The van der Waals surface area contributed by atoms with Gasteiger partial charge in [-0.05, 0) is 48.5 Å². The highest BCUT2D eigenvalue weighted by Crippen LogP contribution is 2.27. The summed E-state index contributed by atoms with van der Waals surface area (Å²) in [4.78, 5) is 20.3. The van der Waals surface area contributed by atoms with Crippen molar-refractivity contribution in [3.8, 4) is 16.9 Å². The molecule has 1 amide bonds. The third-order valence-electron chi connectivity index (χ3n) is 3.19. The van der Waals surface area contributed by atoms with Gasteiger partial charge in [0.05, 0.1) is 5.75 Å². The summed E-state index contributed by atoms with van der Waals surface area (Å²) < 4.78 is 5.69. The second-order valence-electron chi connectivity index (χ2n) is 4.80. The predicted molar refractivity (Wildman–Crippen MR) is 88.7 cm³/mol. The molecule has 0 aliphatic rings. The maximum absolute atomic E-state index is 11.8. The summed E-state index contributed by atoms with van der Waals surface area (Å²) >= 11 is 0.899. The minimum Gasteiger partial charge on any atom is -0.434 e. The quantitative estimate of drug-likeness (QED) is 0.740. The number of pyridine rings is 1. The van der Waals surface area contributed by atoms with E-state index in [0.717, 1.165) is 22.9 Å². The monoisotopic (exact) mass is 324 g/mol. The summed E-state index contributed by atoms with van der Waals surface area (Å²) in [6, 6.07) is 9.14. The summed E-state index contributed by atoms with van der Waals surface area (Å²) in [6.07, 6.45) is 1.66. The lowest BCUT2D eigenvalue weighted by atomic mass is 10.1. The minimum absolute atomic E-state index is 0.0903. The van der Waals surface area contributed by atoms with Crippen LogP contribution in [0, 0.1) is 17.6 Å². The van der Waals surface area contributed by atoms with Gasteiger partial charge in [-0.15, -0.1) is 0 Å². The minimum atomic E-state index is -0.226. The Labute approximate surface area is 136 Å². The van der Waals surface area contributed by atoms with Gasteiger partial charge in [0.15, 0.2) is 11.2 Å². The number of carbonyl (C=O) groups excluding carboxylic acids is 1. The maximum Gasteiger partial charge on any atom is 0.235 e. The lowest BCUT2D eigenvalue weighted by Crippen LogP contribution is -2.14. The summed E-state index contributed by atoms with van der Waals surface area (Å²) in [7, 11) is 0. The topological polar surface area (TPSA) is 91.8 Å². The van der Waals surface area contributed by atoms with E-state index in [1.807, 2.05) is 24.5 Å². The molecule has 2 aromatic heterocycles. The molecule has 0 fully saturated rings. The van der Waals surface area contributed by atoms with Gasteiger partial charge in [0, 0.05) is 17.4 Å². The molecule has 1 aromatic carbocycles. The molecular weight excluding hydrogens is 312 g/mol. The average molecular weight is 324 g/mol. The van der Waals surface area contributed by atoms with E-state index in [-0.39, 0.29) is 11.7 Å². The molecule has 6 nitrogen and oxygen atoms in total. The fourth-order valence-corrected chi connectivity index (χ4v) is 2.33. The van der Waals surface area contributed by atoms with Gasteiger partial charge in [-0.3, -0.25) is 4.79 Å². The number of thiocyanates is 1. The van der Waals surface area contributed by atoms with Gasteiger partial charge in [0.2, 0.25) is 11.8 Å². The molecule has 0 atom stereocenters. The molecule has 0 unspecified atom stereocenters. The predicted octanol–water partition coefficient (Wildman–Crippen LogP) is 3.35. The van der Waals surface area contributed by atoms with Crippen molar-refractivity contribution in [1.82, 2.24) is 9.97 Å². The van der Waals surface area contributed by atoms with Crippen LogP contribution in [-0.2, 0) is 4.79 Å². The number of amides is 1. The largest absolute Gasteiger partial charge is 0.434 e. The molecule has 0 saturated carbocycles. The van der Waals surface area contributed by atoms with Crippen molar-refractivity contribution < 1.29 is 9.21 Å². The van der Waals surface area contributed by atoms with E-state index in [1.165, 1.54) is 0 Å². The van der Waals surface area contributed by atoms with Crippen molar-refractivity contribution in [2.24, 2.45) is 0 Å². The summed E-state index contributed by atoms with van der Waals surface area (Å²) in [5.74, 6) is 0.309. The molecule has 7 heteroatoms. The number of benzene rings is 1. The highest BCUT2D eigenvalue weighted by Gasteiger charge is 2.11. The molecule has 0 saturated heterocycles. The number of aromatic nitrogens is 2. The molecule has 0 radical (unpaired) electrons. The summed E-state index contributed by atoms with van der Waals surface area (Å²) in [5.41, 5.74) is 3.48. The van der Waals surface area contributed by atoms with Gasteiger partial charge < -0.3 is 9.73 Å². The number of hydrogen-bond acceptors (Lipinski definition) is 6. The van der Waals surface area contributed by atoms with Crippen LogP contribution in [0.4, 0.5) is 5.69 Å². The Bertz CT molecular complexity index is 881. The highest BCUT2D eigenvalue weighted by molar-refractivity contribution is 8.04. The zero-order valence-electron chi connectivity index (χ0n) is 12.2. The number of anilines is 1. The van der Waals surface area contributed by atoms with E-state index < -0.39 is 0 Å². The first-order valence-corrected chi connectivity index (χ1v) is 7.79. The summed E-state index contributed by atoms with van der Waals surface area (Å²) in [6.45, 7) is 1.89. The fourth-order valence-electron chi connectivity index (χ4n) is 2.07. The van der Waals surface area contributed by atoms with Crippen molar-refractivity contribution in [2.75, 3.05) is 11.1 Å². The van der Waals surface area contributed by atoms with Crippen LogP contribution in [0.3, 0.4) is 0 Å². The van der Waals surface area contributed by atoms with Crippen molar-refractivity contribution >= 4 is 34.6 Å². The Hall–Kier alpha value is -2.85. The first kappa shape index (κ1) is 15.1. The van der Waals surface area contributed by atoms with Gasteiger partial charge in [0.25, 0.3) is 0 Å². The third kappa shape index (κ3) is 3.33. The van der Waals surface area contributed by atoms with Crippen LogP contribution in [0.15, 0.2) is 40.9 Å². The number of rotatable bonds is 4. The van der Waals surface area contributed by atoms with Crippen LogP contribution in [0.25, 0.3) is 22.7 Å². The molecular formula is C16H12N4O2S. The van der Waals surface area contributed by atoms with Crippen LogP contribution in [0.1, 0.15) is 5.56 Å². The van der Waals surface area contributed by atoms with Crippen LogP contribution in [-0.4, -0.2) is 21.6 Å². The van der Waals surface area contributed by atoms with Gasteiger partial charge >= 0.3 is 0 Å². The number of carbonyl (C=O) groups is 1. The van der Waals surface area contributed by atoms with Crippen LogP contribution < -0.4 is 5.32 Å². The van der Waals surface area contributed by atoms with E-state index >= 15 is 0 Å². The standard InChI is InChI=1S/C16H12N4O2S/c1-10-4-5-11(7-12(10)19-14(21)8-23-9-17)16-20-15-13(22-16)3-2-6-18-15/h2-7H,8H2,1H3,(H,19,21). The maximum atomic E-state index is 11.8. The molecule has 0 spiro atoms. The van der Waals surface area contributed by atoms with Crippen LogP contribution in [0.2, 0.25) is 0 Å². The number of fused-ring (bicyclic) bond motifs is 1. The normalized spacial score (nSPS) is 10.4. The number of nitriles is 1. The lowest BCUT2D eigenvalue weighted by molar-refractivity contribution is -0.113. The van der Waals surface area contributed by atoms with Crippen molar-refractivity contribution in [3.05, 3.63) is 42.1 Å². The van der Waals surface area contributed by atoms with Crippen molar-refractivity contribution in [3.63, 3.8) is 0 Å². The van der Waals surface area contributed by atoms with Gasteiger partial charge in [-0.25, -0.2) is 4.98 Å². The number of nitrogens with one attached hydrogen (secondary N) is 1. The highest BCUT2D eigenvalue weighted by atomic mass is 32.2. The van der Waals surface area contributed by atoms with Crippen LogP contribution in [0.5, 0.6) is 0 Å². The molecule has 0 bridgehead atoms. The molecule has 1 N–H and O–H groups in total. The number of thioether (sulfide) groups is 1. The molecule has 2 heterocycles. The van der Waals surface area contributed by atoms with E-state index in [1.54, 1.807) is 24.4 Å². The number of oxazole rings is 1. The van der Waals surface area contributed by atoms with Crippen molar-refractivity contribution in [2.45, 2.75) is 6.92 Å². The SMILES string of the molecule is Cc1ccc(-c2nc3ncccc3o2)cc1NC(=O)CSC#N. The molecule has 0 aliphatic heterocycles. The first-order valence-electron chi connectivity index (χ1n) is 6.80. The number of aryl methyl sites for hydroxylation is 1. The Morgan fingerprint density at radius 3 is 3.09 bits per heavy atom. The second-order valence-corrected chi connectivity index (χ2v) is 5.56. The van der Waals surface area contributed by atoms with Gasteiger partial charge in [-0.2, -0.15) is 10.2 Å². The van der Waals surface area contributed by atoms with E-state index in [0.29, 0.717) is 22.8 Å². The Morgan fingerprint density at radius 2 is 2.30 bits per heavy atom. The number of nitrogens with zero attached hydrogens (tertiary/aromatic N) is 3. The first-order chi connectivity index (χ1) is 11.2. The van der Waals surface area contributed by atoms with E-state index in [4.69, 9.17) is 9.68 Å². The molecule has 23 heavy (non-hydrogen) atoms. The Balaban J connectivity index is 1.90. The Kier molecular flexibility index (Phi) is 4.26.